The van der Waals surface area contributed by atoms with Crippen molar-refractivity contribution in [3.8, 4) is 0 Å². The lowest BCUT2D eigenvalue weighted by molar-refractivity contribution is -0.114. The zero-order chi connectivity index (χ0) is 10.8. The first-order valence-electron chi connectivity index (χ1n) is 6.27. The molecule has 14 heavy (non-hydrogen) atoms. The first-order valence-corrected chi connectivity index (χ1v) is 7.39. The molecule has 1 saturated carbocycles. The van der Waals surface area contributed by atoms with Crippen LogP contribution in [0.5, 0.6) is 0 Å². The Balaban J connectivity index is 2.82. The molecule has 0 aromatic carbocycles. The average Bonchev–Trinajstić information content (AvgIpc) is 2.20. The van der Waals surface area contributed by atoms with Crippen molar-refractivity contribution >= 4 is 15.9 Å². The quantitative estimate of drug-likeness (QED) is 0.619. The predicted molar refractivity (Wildman–Crippen MR) is 67.9 cm³/mol. The van der Waals surface area contributed by atoms with Crippen LogP contribution in [0, 0.1) is 23.2 Å². The third-order valence-electron chi connectivity index (χ3n) is 4.77. The molecule has 0 aromatic heterocycles. The monoisotopic (exact) mass is 260 g/mol. The van der Waals surface area contributed by atoms with Gasteiger partial charge in [-0.1, -0.05) is 62.9 Å². The maximum Gasteiger partial charge on any atom is 0.00933 e. The van der Waals surface area contributed by atoms with E-state index in [-0.39, 0.29) is 0 Å². The number of hydrogen-bond acceptors (Lipinski definition) is 0. The minimum Gasteiger partial charge on any atom is -0.0922 e. The smallest absolute Gasteiger partial charge is 0.00933 e. The van der Waals surface area contributed by atoms with Crippen molar-refractivity contribution in [2.45, 2.75) is 53.4 Å². The lowest BCUT2D eigenvalue weighted by Crippen LogP contribution is -2.57. The van der Waals surface area contributed by atoms with Crippen LogP contribution in [0.25, 0.3) is 0 Å². The van der Waals surface area contributed by atoms with Crippen molar-refractivity contribution in [3.63, 3.8) is 0 Å². The van der Waals surface area contributed by atoms with Crippen molar-refractivity contribution < 1.29 is 0 Å². The van der Waals surface area contributed by atoms with Crippen LogP contribution in [0.3, 0.4) is 0 Å². The topological polar surface area (TPSA) is 0 Å². The summed E-state index contributed by atoms with van der Waals surface area (Å²) < 4.78 is 0. The summed E-state index contributed by atoms with van der Waals surface area (Å²) >= 11 is 3.76. The average molecular weight is 261 g/mol. The summed E-state index contributed by atoms with van der Waals surface area (Å²) in [5, 5.41) is 1.21. The molecule has 0 aromatic rings. The molecule has 2 unspecified atom stereocenters. The molecule has 0 amide bonds. The second-order valence-electron chi connectivity index (χ2n) is 4.82. The van der Waals surface area contributed by atoms with E-state index in [4.69, 9.17) is 0 Å². The minimum atomic E-state index is 0.629. The van der Waals surface area contributed by atoms with Crippen LogP contribution in [0.4, 0.5) is 0 Å². The summed E-state index contributed by atoms with van der Waals surface area (Å²) in [5.74, 6) is 2.95. The Morgan fingerprint density at radius 3 is 1.64 bits per heavy atom. The predicted octanol–water partition coefficient (Wildman–Crippen LogP) is 4.87. The highest BCUT2D eigenvalue weighted by Gasteiger charge is 2.56. The van der Waals surface area contributed by atoms with E-state index in [9.17, 15) is 0 Å². The number of halogens is 1. The Labute approximate surface area is 98.0 Å². The number of hydrogen-bond donors (Lipinski definition) is 0. The molecule has 0 spiro atoms. The van der Waals surface area contributed by atoms with Gasteiger partial charge < -0.3 is 0 Å². The van der Waals surface area contributed by atoms with Crippen molar-refractivity contribution in [1.82, 2.24) is 0 Å². The first-order chi connectivity index (χ1) is 6.71. The second-order valence-corrected chi connectivity index (χ2v) is 5.38. The molecule has 0 nitrogen and oxygen atoms in total. The third kappa shape index (κ3) is 1.56. The van der Waals surface area contributed by atoms with E-state index in [1.165, 1.54) is 31.0 Å². The van der Waals surface area contributed by atoms with Gasteiger partial charge in [0.15, 0.2) is 0 Å². The molecule has 0 bridgehead atoms. The lowest BCUT2D eigenvalue weighted by atomic mass is 9.44. The summed E-state index contributed by atoms with van der Waals surface area (Å²) in [6, 6.07) is 0. The van der Waals surface area contributed by atoms with Gasteiger partial charge in [0.1, 0.15) is 0 Å². The maximum absolute atomic E-state index is 3.76. The highest BCUT2D eigenvalue weighted by atomic mass is 79.9. The summed E-state index contributed by atoms with van der Waals surface area (Å²) in [5.41, 5.74) is 0.629. The van der Waals surface area contributed by atoms with Crippen LogP contribution in [0.2, 0.25) is 0 Å². The fraction of sp³-hybridized carbons (Fsp3) is 1.00. The standard InChI is InChI=1S/C13H25Br/c1-5-10-11(6-2)13(8-4,9-14)12(10)7-3/h10-12H,5-9H2,1-4H3. The number of alkyl halides is 1. The lowest BCUT2D eigenvalue weighted by Gasteiger charge is -2.61. The van der Waals surface area contributed by atoms with Gasteiger partial charge in [0.25, 0.3) is 0 Å². The van der Waals surface area contributed by atoms with Gasteiger partial charge in [-0.3, -0.25) is 0 Å². The molecule has 84 valence electrons. The van der Waals surface area contributed by atoms with Gasteiger partial charge in [-0.25, -0.2) is 0 Å². The van der Waals surface area contributed by atoms with Crippen LogP contribution in [0.1, 0.15) is 53.4 Å². The van der Waals surface area contributed by atoms with E-state index in [1.807, 2.05) is 0 Å². The van der Waals surface area contributed by atoms with Gasteiger partial charge in [-0.2, -0.15) is 0 Å². The molecule has 1 heteroatoms. The van der Waals surface area contributed by atoms with Gasteiger partial charge in [0.2, 0.25) is 0 Å². The van der Waals surface area contributed by atoms with Crippen molar-refractivity contribution in [2.24, 2.45) is 23.2 Å². The minimum absolute atomic E-state index is 0.629. The Kier molecular flexibility index (Phi) is 4.49. The van der Waals surface area contributed by atoms with Crippen molar-refractivity contribution in [3.05, 3.63) is 0 Å². The Morgan fingerprint density at radius 1 is 0.929 bits per heavy atom. The zero-order valence-corrected chi connectivity index (χ0v) is 11.7. The largest absolute Gasteiger partial charge is 0.0922 e. The first kappa shape index (κ1) is 12.5. The molecule has 1 fully saturated rings. The Morgan fingerprint density at radius 2 is 1.43 bits per heavy atom. The van der Waals surface area contributed by atoms with E-state index in [0.29, 0.717) is 5.41 Å². The van der Waals surface area contributed by atoms with E-state index >= 15 is 0 Å². The van der Waals surface area contributed by atoms with Crippen LogP contribution in [-0.4, -0.2) is 5.33 Å². The van der Waals surface area contributed by atoms with Gasteiger partial charge in [0, 0.05) is 5.33 Å². The summed E-state index contributed by atoms with van der Waals surface area (Å²) in [4.78, 5) is 0. The van der Waals surface area contributed by atoms with Crippen LogP contribution >= 0.6 is 15.9 Å². The fourth-order valence-electron chi connectivity index (χ4n) is 4.09. The molecule has 0 saturated heterocycles. The molecule has 1 rings (SSSR count). The van der Waals surface area contributed by atoms with E-state index < -0.39 is 0 Å². The van der Waals surface area contributed by atoms with Crippen molar-refractivity contribution in [2.75, 3.05) is 5.33 Å². The van der Waals surface area contributed by atoms with Gasteiger partial charge in [-0.15, -0.1) is 0 Å². The molecular weight excluding hydrogens is 236 g/mol. The van der Waals surface area contributed by atoms with Crippen LogP contribution < -0.4 is 0 Å². The molecule has 0 heterocycles. The Bertz CT molecular complexity index is 158. The van der Waals surface area contributed by atoms with Gasteiger partial charge in [0.05, 0.1) is 0 Å². The van der Waals surface area contributed by atoms with E-state index in [2.05, 4.69) is 43.6 Å². The van der Waals surface area contributed by atoms with Gasteiger partial charge in [-0.05, 0) is 29.6 Å². The fourth-order valence-corrected chi connectivity index (χ4v) is 5.32. The number of rotatable bonds is 5. The molecular formula is C13H25Br. The van der Waals surface area contributed by atoms with Crippen LogP contribution in [0.15, 0.2) is 0 Å². The Hall–Kier alpha value is 0.480. The highest BCUT2D eigenvalue weighted by molar-refractivity contribution is 9.09. The second kappa shape index (κ2) is 5.01. The van der Waals surface area contributed by atoms with E-state index in [1.54, 1.807) is 0 Å². The molecule has 2 atom stereocenters. The highest BCUT2D eigenvalue weighted by Crippen LogP contribution is 2.62. The SMILES string of the molecule is CCC1C(CC)C(CC)(CBr)C1CC. The maximum atomic E-state index is 3.76. The van der Waals surface area contributed by atoms with Crippen LogP contribution in [-0.2, 0) is 0 Å². The molecule has 0 N–H and O–H groups in total. The van der Waals surface area contributed by atoms with Gasteiger partial charge >= 0.3 is 0 Å². The molecule has 1 aliphatic rings. The summed E-state index contributed by atoms with van der Waals surface area (Å²) in [7, 11) is 0. The zero-order valence-electron chi connectivity index (χ0n) is 10.1. The normalized spacial score (nSPS) is 42.2. The molecule has 1 aliphatic carbocycles. The molecule has 0 aliphatic heterocycles. The summed E-state index contributed by atoms with van der Waals surface area (Å²) in [6.45, 7) is 9.47. The molecule has 0 radical (unpaired) electrons. The third-order valence-corrected chi connectivity index (χ3v) is 5.81. The van der Waals surface area contributed by atoms with Crippen molar-refractivity contribution in [1.29, 1.82) is 0 Å². The summed E-state index contributed by atoms with van der Waals surface area (Å²) in [6.07, 6.45) is 5.47. The van der Waals surface area contributed by atoms with E-state index in [0.717, 1.165) is 17.8 Å².